The molecule has 0 aromatic heterocycles. The molecule has 0 radical (unpaired) electrons. The van der Waals surface area contributed by atoms with Crippen molar-refractivity contribution in [3.63, 3.8) is 0 Å². The van der Waals surface area contributed by atoms with E-state index < -0.39 is 28.1 Å². The fraction of sp³-hybridized carbons (Fsp3) is 0.480. The van der Waals surface area contributed by atoms with Crippen LogP contribution in [-0.4, -0.2) is 43.9 Å². The highest BCUT2D eigenvalue weighted by Gasteiger charge is 2.61. The van der Waals surface area contributed by atoms with Crippen molar-refractivity contribution in [2.45, 2.75) is 50.6 Å². The fourth-order valence-corrected chi connectivity index (χ4v) is 6.22. The average molecular weight is 475 g/mol. The zero-order valence-electron chi connectivity index (χ0n) is 18.3. The second-order valence-corrected chi connectivity index (χ2v) is 11.4. The van der Waals surface area contributed by atoms with E-state index in [1.165, 1.54) is 0 Å². The van der Waals surface area contributed by atoms with Crippen LogP contribution in [0, 0.1) is 17.2 Å². The molecule has 3 fully saturated rings. The lowest BCUT2D eigenvalue weighted by Gasteiger charge is -2.34. The Morgan fingerprint density at radius 2 is 1.82 bits per heavy atom. The fourth-order valence-electron chi connectivity index (χ4n) is 5.36. The molecule has 2 unspecified atom stereocenters. The van der Waals surface area contributed by atoms with Crippen molar-refractivity contribution >= 4 is 15.9 Å². The second kappa shape index (κ2) is 8.47. The zero-order valence-corrected chi connectivity index (χ0v) is 19.2. The summed E-state index contributed by atoms with van der Waals surface area (Å²) in [6, 6.07) is 11.7. The number of alkyl halides is 1. The molecule has 2 aromatic rings. The number of rotatable bonds is 7. The standard InChI is InChI=1S/C25H28F2N2O3S/c26-16-33(31,32)28-23-21(29(15-25(23)12-13-25)24(30)18-8-4-9-18)14-19-10-5-11-20(22(19)27)17-6-2-1-3-7-17/h1-3,5-7,10-11,18,21,23,28H,4,8-9,12-16H2. The van der Waals surface area contributed by atoms with Gasteiger partial charge >= 0.3 is 0 Å². The molecule has 33 heavy (non-hydrogen) atoms. The smallest absolute Gasteiger partial charge is 0.241 e. The van der Waals surface area contributed by atoms with Crippen LogP contribution in [0.3, 0.4) is 0 Å². The number of carbonyl (C=O) groups is 1. The second-order valence-electron chi connectivity index (χ2n) is 9.69. The molecule has 2 atom stereocenters. The van der Waals surface area contributed by atoms with E-state index in [-0.39, 0.29) is 29.5 Å². The maximum atomic E-state index is 15.6. The first kappa shape index (κ1) is 22.5. The van der Waals surface area contributed by atoms with Gasteiger partial charge in [-0.05, 0) is 43.2 Å². The maximum Gasteiger partial charge on any atom is 0.241 e. The molecule has 176 valence electrons. The van der Waals surface area contributed by atoms with Crippen LogP contribution in [0.2, 0.25) is 0 Å². The number of hydrogen-bond donors (Lipinski definition) is 1. The highest BCUT2D eigenvalue weighted by Crippen LogP contribution is 2.56. The molecule has 1 heterocycles. The molecule has 3 aliphatic rings. The van der Waals surface area contributed by atoms with Crippen molar-refractivity contribution in [1.82, 2.24) is 9.62 Å². The number of halogens is 2. The van der Waals surface area contributed by atoms with Gasteiger partial charge in [-0.25, -0.2) is 21.9 Å². The largest absolute Gasteiger partial charge is 0.337 e. The Morgan fingerprint density at radius 1 is 1.09 bits per heavy atom. The van der Waals surface area contributed by atoms with Crippen LogP contribution in [0.5, 0.6) is 0 Å². The maximum absolute atomic E-state index is 15.6. The van der Waals surface area contributed by atoms with Crippen molar-refractivity contribution < 1.29 is 22.0 Å². The van der Waals surface area contributed by atoms with Crippen LogP contribution in [0.1, 0.15) is 37.7 Å². The van der Waals surface area contributed by atoms with Gasteiger partial charge in [0.15, 0.2) is 0 Å². The topological polar surface area (TPSA) is 66.5 Å². The molecule has 1 aliphatic heterocycles. The number of hydrogen-bond acceptors (Lipinski definition) is 3. The molecule has 2 saturated carbocycles. The minimum atomic E-state index is -4.13. The summed E-state index contributed by atoms with van der Waals surface area (Å²) in [7, 11) is -4.13. The lowest BCUT2D eigenvalue weighted by Crippen LogP contribution is -2.51. The molecule has 5 rings (SSSR count). The Hall–Kier alpha value is -2.32. The molecule has 1 N–H and O–H groups in total. The molecular formula is C25H28F2N2O3S. The highest BCUT2D eigenvalue weighted by molar-refractivity contribution is 7.89. The summed E-state index contributed by atoms with van der Waals surface area (Å²) in [5, 5.41) is 0. The molecule has 2 aromatic carbocycles. The van der Waals surface area contributed by atoms with E-state index in [0.29, 0.717) is 17.7 Å². The lowest BCUT2D eigenvalue weighted by atomic mass is 9.84. The van der Waals surface area contributed by atoms with Gasteiger partial charge in [0.1, 0.15) is 5.82 Å². The van der Waals surface area contributed by atoms with Gasteiger partial charge in [-0.3, -0.25) is 4.79 Å². The predicted molar refractivity (Wildman–Crippen MR) is 122 cm³/mol. The third-order valence-electron chi connectivity index (χ3n) is 7.60. The van der Waals surface area contributed by atoms with Gasteiger partial charge in [-0.15, -0.1) is 0 Å². The molecule has 1 amide bonds. The monoisotopic (exact) mass is 474 g/mol. The van der Waals surface area contributed by atoms with E-state index in [0.717, 1.165) is 37.7 Å². The van der Waals surface area contributed by atoms with E-state index in [9.17, 15) is 17.6 Å². The minimum absolute atomic E-state index is 0.0130. The summed E-state index contributed by atoms with van der Waals surface area (Å²) < 4.78 is 55.7. The first-order valence-electron chi connectivity index (χ1n) is 11.5. The van der Waals surface area contributed by atoms with E-state index >= 15 is 4.39 Å². The van der Waals surface area contributed by atoms with Crippen LogP contribution >= 0.6 is 0 Å². The van der Waals surface area contributed by atoms with Gasteiger partial charge in [0.25, 0.3) is 0 Å². The lowest BCUT2D eigenvalue weighted by molar-refractivity contribution is -0.139. The number of benzene rings is 2. The van der Waals surface area contributed by atoms with Gasteiger partial charge in [0, 0.05) is 29.5 Å². The minimum Gasteiger partial charge on any atom is -0.337 e. The van der Waals surface area contributed by atoms with Crippen LogP contribution < -0.4 is 4.72 Å². The van der Waals surface area contributed by atoms with Crippen LogP contribution in [0.4, 0.5) is 8.78 Å². The Morgan fingerprint density at radius 3 is 2.42 bits per heavy atom. The summed E-state index contributed by atoms with van der Waals surface area (Å²) in [5.74, 6) is -0.414. The zero-order chi connectivity index (χ0) is 23.2. The Kier molecular flexibility index (Phi) is 5.77. The summed E-state index contributed by atoms with van der Waals surface area (Å²) >= 11 is 0. The van der Waals surface area contributed by atoms with E-state index in [2.05, 4.69) is 4.72 Å². The van der Waals surface area contributed by atoms with Crippen LogP contribution in [0.25, 0.3) is 11.1 Å². The van der Waals surface area contributed by atoms with Crippen molar-refractivity contribution in [2.24, 2.45) is 11.3 Å². The number of nitrogens with one attached hydrogen (secondary N) is 1. The molecule has 5 nitrogen and oxygen atoms in total. The Labute approximate surface area is 193 Å². The van der Waals surface area contributed by atoms with Gasteiger partial charge < -0.3 is 4.90 Å². The first-order valence-corrected chi connectivity index (χ1v) is 13.2. The Bertz CT molecular complexity index is 1150. The van der Waals surface area contributed by atoms with Crippen molar-refractivity contribution in [3.8, 4) is 11.1 Å². The molecule has 0 bridgehead atoms. The van der Waals surface area contributed by atoms with Gasteiger partial charge in [-0.2, -0.15) is 0 Å². The van der Waals surface area contributed by atoms with Crippen molar-refractivity contribution in [3.05, 3.63) is 59.9 Å². The number of carbonyl (C=O) groups excluding carboxylic acids is 1. The molecule has 1 saturated heterocycles. The average Bonchev–Trinajstić information content (AvgIpc) is 3.49. The first-order chi connectivity index (χ1) is 15.8. The molecule has 8 heteroatoms. The van der Waals surface area contributed by atoms with Crippen LogP contribution in [-0.2, 0) is 21.2 Å². The third-order valence-corrected chi connectivity index (χ3v) is 8.50. The van der Waals surface area contributed by atoms with Crippen molar-refractivity contribution in [2.75, 3.05) is 12.6 Å². The normalized spacial score (nSPS) is 24.1. The summed E-state index contributed by atoms with van der Waals surface area (Å²) in [5.41, 5.74) is 1.25. The van der Waals surface area contributed by atoms with E-state index in [1.807, 2.05) is 30.3 Å². The summed E-state index contributed by atoms with van der Waals surface area (Å²) in [6.45, 7) is 0.437. The summed E-state index contributed by atoms with van der Waals surface area (Å²) in [6.07, 6.45) is 4.37. The number of amides is 1. The predicted octanol–water partition coefficient (Wildman–Crippen LogP) is 4.04. The highest BCUT2D eigenvalue weighted by atomic mass is 32.2. The van der Waals surface area contributed by atoms with E-state index in [1.54, 1.807) is 23.1 Å². The molecule has 1 spiro atoms. The quantitative estimate of drug-likeness (QED) is 0.659. The molecular weight excluding hydrogens is 446 g/mol. The SMILES string of the molecule is O=C(C1CCC1)N1CC2(CC2)C(NS(=O)(=O)CF)C1Cc1cccc(-c2ccccc2)c1F. The number of likely N-dealkylation sites (tertiary alicyclic amines) is 1. The van der Waals surface area contributed by atoms with Crippen molar-refractivity contribution in [1.29, 1.82) is 0 Å². The van der Waals surface area contributed by atoms with Gasteiger partial charge in [0.05, 0.1) is 6.04 Å². The van der Waals surface area contributed by atoms with Gasteiger partial charge in [0.2, 0.25) is 21.9 Å². The third kappa shape index (κ3) is 4.19. The van der Waals surface area contributed by atoms with Crippen LogP contribution in [0.15, 0.2) is 48.5 Å². The summed E-state index contributed by atoms with van der Waals surface area (Å²) in [4.78, 5) is 15.0. The number of nitrogens with zero attached hydrogens (tertiary/aromatic N) is 1. The molecule has 2 aliphatic carbocycles. The Balaban J connectivity index is 1.50. The van der Waals surface area contributed by atoms with E-state index in [4.69, 9.17) is 0 Å². The van der Waals surface area contributed by atoms with Gasteiger partial charge in [-0.1, -0.05) is 55.0 Å². The number of sulfonamides is 1.